The maximum absolute atomic E-state index is 13.3. The quantitative estimate of drug-likeness (QED) is 0.820. The average Bonchev–Trinajstić information content (AvgIpc) is 3.24. The lowest BCUT2D eigenvalue weighted by Gasteiger charge is -2.36. The highest BCUT2D eigenvalue weighted by Gasteiger charge is 2.45. The van der Waals surface area contributed by atoms with Gasteiger partial charge in [-0.15, -0.1) is 0 Å². The van der Waals surface area contributed by atoms with Crippen molar-refractivity contribution in [2.45, 2.75) is 44.2 Å². The highest BCUT2D eigenvalue weighted by molar-refractivity contribution is 5.83. The van der Waals surface area contributed by atoms with Gasteiger partial charge in [-0.25, -0.2) is 10.9 Å². The van der Waals surface area contributed by atoms with Crippen LogP contribution in [0.5, 0.6) is 5.75 Å². The first-order valence-electron chi connectivity index (χ1n) is 11.2. The predicted octanol–water partition coefficient (Wildman–Crippen LogP) is 3.26. The first kappa shape index (κ1) is 19.6. The Bertz CT molecular complexity index is 893. The van der Waals surface area contributed by atoms with Gasteiger partial charge >= 0.3 is 0 Å². The minimum absolute atomic E-state index is 0.129. The van der Waals surface area contributed by atoms with Crippen molar-refractivity contribution in [3.05, 3.63) is 65.2 Å². The molecule has 2 fully saturated rings. The van der Waals surface area contributed by atoms with Gasteiger partial charge in [0.25, 0.3) is 0 Å². The number of hydrogen-bond acceptors (Lipinski definition) is 4. The van der Waals surface area contributed by atoms with E-state index in [2.05, 4.69) is 58.2 Å². The van der Waals surface area contributed by atoms with Crippen LogP contribution in [0.15, 0.2) is 48.5 Å². The van der Waals surface area contributed by atoms with Crippen molar-refractivity contribution in [2.75, 3.05) is 20.2 Å². The number of aryl methyl sites for hydroxylation is 1. The van der Waals surface area contributed by atoms with Gasteiger partial charge in [0.2, 0.25) is 5.91 Å². The smallest absolute Gasteiger partial charge is 0.241 e. The molecule has 3 atom stereocenters. The van der Waals surface area contributed by atoms with Gasteiger partial charge in [-0.2, -0.15) is 0 Å². The number of likely N-dealkylation sites (tertiary alicyclic amines) is 1. The van der Waals surface area contributed by atoms with Crippen molar-refractivity contribution >= 4 is 5.91 Å². The number of carbonyl (C=O) groups excluding carboxylic acids is 1. The maximum Gasteiger partial charge on any atom is 0.241 e. The fourth-order valence-corrected chi connectivity index (χ4v) is 5.53. The molecule has 3 unspecified atom stereocenters. The second kappa shape index (κ2) is 8.40. The van der Waals surface area contributed by atoms with Crippen LogP contribution < -0.4 is 15.6 Å². The van der Waals surface area contributed by atoms with Gasteiger partial charge in [-0.05, 0) is 66.8 Å². The van der Waals surface area contributed by atoms with E-state index < -0.39 is 0 Å². The van der Waals surface area contributed by atoms with E-state index in [0.717, 1.165) is 50.9 Å². The Labute approximate surface area is 178 Å². The van der Waals surface area contributed by atoms with E-state index in [1.807, 2.05) is 6.07 Å². The van der Waals surface area contributed by atoms with Crippen molar-refractivity contribution in [1.82, 2.24) is 15.8 Å². The highest BCUT2D eigenvalue weighted by atomic mass is 16.5. The minimum Gasteiger partial charge on any atom is -0.497 e. The van der Waals surface area contributed by atoms with Gasteiger partial charge in [0, 0.05) is 19.0 Å². The molecule has 158 valence electrons. The van der Waals surface area contributed by atoms with Gasteiger partial charge < -0.3 is 9.64 Å². The third-order valence-corrected chi connectivity index (χ3v) is 7.24. The molecule has 5 rings (SSSR count). The molecular formula is C25H31N3O2. The van der Waals surface area contributed by atoms with Crippen molar-refractivity contribution in [2.24, 2.45) is 11.8 Å². The summed E-state index contributed by atoms with van der Waals surface area (Å²) in [4.78, 5) is 15.4. The number of amides is 1. The molecule has 2 aromatic rings. The highest BCUT2D eigenvalue weighted by Crippen LogP contribution is 2.40. The summed E-state index contributed by atoms with van der Waals surface area (Å²) in [6.07, 6.45) is 5.33. The van der Waals surface area contributed by atoms with Crippen LogP contribution in [0.4, 0.5) is 0 Å². The summed E-state index contributed by atoms with van der Waals surface area (Å²) in [5, 5.41) is 0. The van der Waals surface area contributed by atoms with Crippen LogP contribution in [-0.2, 0) is 17.6 Å². The van der Waals surface area contributed by atoms with Crippen molar-refractivity contribution < 1.29 is 9.53 Å². The molecule has 5 nitrogen and oxygen atoms in total. The number of ether oxygens (including phenoxy) is 1. The zero-order chi connectivity index (χ0) is 20.5. The van der Waals surface area contributed by atoms with Crippen LogP contribution in [0.1, 0.15) is 42.0 Å². The van der Waals surface area contributed by atoms with E-state index in [0.29, 0.717) is 11.8 Å². The van der Waals surface area contributed by atoms with Gasteiger partial charge in [0.15, 0.2) is 0 Å². The molecule has 2 heterocycles. The molecule has 1 aliphatic carbocycles. The minimum atomic E-state index is -0.129. The van der Waals surface area contributed by atoms with E-state index >= 15 is 0 Å². The molecule has 0 spiro atoms. The van der Waals surface area contributed by atoms with Crippen LogP contribution in [0.3, 0.4) is 0 Å². The first-order valence-corrected chi connectivity index (χ1v) is 11.2. The number of piperidine rings is 1. The molecule has 30 heavy (non-hydrogen) atoms. The summed E-state index contributed by atoms with van der Waals surface area (Å²) in [7, 11) is 1.71. The Morgan fingerprint density at radius 1 is 1.07 bits per heavy atom. The van der Waals surface area contributed by atoms with Crippen molar-refractivity contribution in [3.8, 4) is 5.75 Å². The van der Waals surface area contributed by atoms with Crippen molar-refractivity contribution in [3.63, 3.8) is 0 Å². The molecule has 2 aliphatic heterocycles. The molecule has 0 aromatic heterocycles. The molecule has 0 saturated carbocycles. The van der Waals surface area contributed by atoms with Gasteiger partial charge in [0.05, 0.1) is 13.2 Å². The first-order chi connectivity index (χ1) is 14.7. The molecule has 2 N–H and O–H groups in total. The normalized spacial score (nSPS) is 26.2. The summed E-state index contributed by atoms with van der Waals surface area (Å²) in [5.41, 5.74) is 10.8. The monoisotopic (exact) mass is 405 g/mol. The fourth-order valence-electron chi connectivity index (χ4n) is 5.53. The number of methoxy groups -OCH3 is 1. The number of benzene rings is 2. The average molecular weight is 406 g/mol. The van der Waals surface area contributed by atoms with Gasteiger partial charge in [-0.1, -0.05) is 36.4 Å². The molecule has 2 aromatic carbocycles. The Hall–Kier alpha value is -2.37. The lowest BCUT2D eigenvalue weighted by Crippen LogP contribution is -2.50. The van der Waals surface area contributed by atoms with Crippen LogP contribution in [0.2, 0.25) is 0 Å². The van der Waals surface area contributed by atoms with Crippen LogP contribution in [0.25, 0.3) is 0 Å². The van der Waals surface area contributed by atoms with E-state index in [1.54, 1.807) is 7.11 Å². The van der Waals surface area contributed by atoms with E-state index in [1.165, 1.54) is 16.7 Å². The summed E-state index contributed by atoms with van der Waals surface area (Å²) < 4.78 is 5.38. The third kappa shape index (κ3) is 3.72. The number of nitrogens with zero attached hydrogens (tertiary/aromatic N) is 1. The number of rotatable bonds is 4. The fraction of sp³-hybridized carbons (Fsp3) is 0.480. The van der Waals surface area contributed by atoms with Gasteiger partial charge in [-0.3, -0.25) is 4.79 Å². The molecule has 3 aliphatic rings. The number of fused-ring (bicyclic) bond motifs is 3. The van der Waals surface area contributed by atoms with Crippen LogP contribution >= 0.6 is 0 Å². The topological polar surface area (TPSA) is 53.6 Å². The summed E-state index contributed by atoms with van der Waals surface area (Å²) >= 11 is 0. The van der Waals surface area contributed by atoms with E-state index in [-0.39, 0.29) is 18.0 Å². The van der Waals surface area contributed by atoms with Crippen molar-refractivity contribution in [1.29, 1.82) is 0 Å². The maximum atomic E-state index is 13.3. The van der Waals surface area contributed by atoms with Crippen LogP contribution in [-0.4, -0.2) is 37.0 Å². The molecule has 0 radical (unpaired) electrons. The number of carbonyl (C=O) groups is 1. The predicted molar refractivity (Wildman–Crippen MR) is 117 cm³/mol. The van der Waals surface area contributed by atoms with E-state index in [9.17, 15) is 4.79 Å². The van der Waals surface area contributed by atoms with E-state index in [4.69, 9.17) is 4.74 Å². The second-order valence-electron chi connectivity index (χ2n) is 8.97. The third-order valence-electron chi connectivity index (χ3n) is 7.24. The lowest BCUT2D eigenvalue weighted by molar-refractivity contribution is -0.135. The molecule has 2 saturated heterocycles. The second-order valence-corrected chi connectivity index (χ2v) is 8.97. The molecule has 1 amide bonds. The summed E-state index contributed by atoms with van der Waals surface area (Å²) in [6.45, 7) is 1.75. The summed E-state index contributed by atoms with van der Waals surface area (Å²) in [6, 6.07) is 17.1. The largest absolute Gasteiger partial charge is 0.497 e. The zero-order valence-corrected chi connectivity index (χ0v) is 17.6. The summed E-state index contributed by atoms with van der Waals surface area (Å²) in [5.74, 6) is 2.16. The Morgan fingerprint density at radius 3 is 2.63 bits per heavy atom. The number of hydrogen-bond donors (Lipinski definition) is 2. The van der Waals surface area contributed by atoms with Crippen LogP contribution in [0, 0.1) is 11.8 Å². The SMILES string of the molecule is COc1ccc2c(c1)CCC1C(C(=O)N3CCC(Cc4ccccc4)CC3)NNC21. The molecular weight excluding hydrogens is 374 g/mol. The number of hydrazine groups is 1. The van der Waals surface area contributed by atoms with Gasteiger partial charge in [0.1, 0.15) is 11.8 Å². The molecule has 5 heteroatoms. The Morgan fingerprint density at radius 2 is 1.87 bits per heavy atom. The standard InChI is InChI=1S/C25H31N3O2/c1-30-20-8-10-21-19(16-20)7-9-22-23(21)26-27-24(22)25(29)28-13-11-18(12-14-28)15-17-5-3-2-4-6-17/h2-6,8,10,16,18,22-24,26-27H,7,9,11-15H2,1H3. The Balaban J connectivity index is 1.20. The zero-order valence-electron chi connectivity index (χ0n) is 17.6. The number of nitrogens with one attached hydrogen (secondary N) is 2. The Kier molecular flexibility index (Phi) is 5.48. The lowest BCUT2D eigenvalue weighted by atomic mass is 9.77. The molecule has 0 bridgehead atoms.